The minimum atomic E-state index is -0.0563. The molecular weight excluding hydrogens is 592 g/mol. The molecule has 0 atom stereocenters. The molecule has 236 valence electrons. The molecule has 0 amide bonds. The summed E-state index contributed by atoms with van der Waals surface area (Å²) in [6.07, 6.45) is 0.808. The van der Waals surface area contributed by atoms with Gasteiger partial charge in [-0.05, 0) is 43.5 Å². The Labute approximate surface area is 282 Å². The van der Waals surface area contributed by atoms with Gasteiger partial charge in [-0.2, -0.15) is 10.5 Å². The summed E-state index contributed by atoms with van der Waals surface area (Å²) in [5.74, 6) is 0.785. The van der Waals surface area contributed by atoms with E-state index in [1.54, 1.807) is 0 Å². The van der Waals surface area contributed by atoms with Crippen LogP contribution in [0.1, 0.15) is 38.3 Å². The minimum absolute atomic E-state index is 0.0563. The van der Waals surface area contributed by atoms with Crippen molar-refractivity contribution in [1.29, 1.82) is 10.5 Å². The number of nitriles is 2. The van der Waals surface area contributed by atoms with Gasteiger partial charge in [0.1, 0.15) is 23.3 Å². The van der Waals surface area contributed by atoms with Gasteiger partial charge in [-0.15, -0.1) is 0 Å². The predicted octanol–water partition coefficient (Wildman–Crippen LogP) is 10.2. The fourth-order valence-corrected chi connectivity index (χ4v) is 5.08. The van der Waals surface area contributed by atoms with Gasteiger partial charge in [0.15, 0.2) is 0 Å². The summed E-state index contributed by atoms with van der Waals surface area (Å²) in [7, 11) is 0. The number of hydrogen-bond donors (Lipinski definition) is 0. The van der Waals surface area contributed by atoms with Crippen molar-refractivity contribution in [2.75, 3.05) is 6.61 Å². The molecule has 0 unspecified atom stereocenters. The van der Waals surface area contributed by atoms with Crippen LogP contribution in [0.25, 0.3) is 44.8 Å². The maximum atomic E-state index is 9.66. The molecule has 2 aromatic heterocycles. The van der Waals surface area contributed by atoms with Gasteiger partial charge in [0.25, 0.3) is 0 Å². The Bertz CT molecular complexity index is 2020. The van der Waals surface area contributed by atoms with Crippen LogP contribution in [0.3, 0.4) is 0 Å². The quantitative estimate of drug-likeness (QED) is 0.158. The maximum absolute atomic E-state index is 9.66. The van der Waals surface area contributed by atoms with Crippen molar-refractivity contribution in [3.63, 3.8) is 0 Å². The first-order valence-electron chi connectivity index (χ1n) is 15.9. The highest BCUT2D eigenvalue weighted by Gasteiger charge is 2.18. The molecule has 0 saturated heterocycles. The van der Waals surface area contributed by atoms with Crippen molar-refractivity contribution in [3.05, 3.63) is 145 Å². The number of rotatable bonds is 9. The molecule has 6 nitrogen and oxygen atoms in total. The highest BCUT2D eigenvalue weighted by atomic mass is 16.5. The second-order valence-corrected chi connectivity index (χ2v) is 11.2. The standard InChI is InChI=1S/2C21H18N2O/c1-15(2)24-21-19(14-22)18(16-9-5-3-6-10-16)13-20(23-21)17-11-7-4-8-12-17;1-2-13-24-21-19(15-22)18(16-9-5-3-6-10-16)14-20(23-21)17-11-7-4-8-12-17/h3-13,15H,1-2H3;3-12,14H,2,13H2,1H3. The first-order chi connectivity index (χ1) is 23.5. The van der Waals surface area contributed by atoms with E-state index in [1.807, 2.05) is 154 Å². The predicted molar refractivity (Wildman–Crippen MR) is 191 cm³/mol. The summed E-state index contributed by atoms with van der Waals surface area (Å²) < 4.78 is 11.6. The van der Waals surface area contributed by atoms with Crippen molar-refractivity contribution < 1.29 is 9.47 Å². The van der Waals surface area contributed by atoms with Crippen LogP contribution >= 0.6 is 0 Å². The van der Waals surface area contributed by atoms with Crippen LogP contribution in [0.5, 0.6) is 11.8 Å². The van der Waals surface area contributed by atoms with E-state index in [1.165, 1.54) is 0 Å². The molecule has 0 aliphatic heterocycles. The first kappa shape index (κ1) is 33.1. The molecule has 0 N–H and O–H groups in total. The zero-order valence-electron chi connectivity index (χ0n) is 27.3. The smallest absolute Gasteiger partial charge is 0.233 e. The molecule has 4 aromatic carbocycles. The topological polar surface area (TPSA) is 91.8 Å². The van der Waals surface area contributed by atoms with E-state index in [9.17, 15) is 10.5 Å². The molecule has 0 aliphatic rings. The summed E-state index contributed by atoms with van der Waals surface area (Å²) in [5, 5.41) is 19.3. The summed E-state index contributed by atoms with van der Waals surface area (Å²) in [6.45, 7) is 6.43. The summed E-state index contributed by atoms with van der Waals surface area (Å²) in [6, 6.07) is 48.0. The van der Waals surface area contributed by atoms with Crippen LogP contribution in [0.2, 0.25) is 0 Å². The van der Waals surface area contributed by atoms with Crippen LogP contribution in [0.15, 0.2) is 133 Å². The van der Waals surface area contributed by atoms with Gasteiger partial charge in [0, 0.05) is 22.3 Å². The van der Waals surface area contributed by atoms with Crippen molar-refractivity contribution in [3.8, 4) is 68.7 Å². The van der Waals surface area contributed by atoms with Crippen molar-refractivity contribution in [2.45, 2.75) is 33.3 Å². The van der Waals surface area contributed by atoms with E-state index in [-0.39, 0.29) is 6.10 Å². The molecule has 2 heterocycles. The average Bonchev–Trinajstić information content (AvgIpc) is 3.14. The van der Waals surface area contributed by atoms with Gasteiger partial charge in [0.2, 0.25) is 11.8 Å². The van der Waals surface area contributed by atoms with Gasteiger partial charge in [-0.3, -0.25) is 0 Å². The lowest BCUT2D eigenvalue weighted by Crippen LogP contribution is -2.09. The summed E-state index contributed by atoms with van der Waals surface area (Å²) in [5.41, 5.74) is 8.18. The molecule has 0 radical (unpaired) electrons. The van der Waals surface area contributed by atoms with E-state index < -0.39 is 0 Å². The summed E-state index contributed by atoms with van der Waals surface area (Å²) in [4.78, 5) is 9.19. The number of hydrogen-bond acceptors (Lipinski definition) is 6. The number of benzene rings is 4. The molecule has 6 rings (SSSR count). The zero-order valence-corrected chi connectivity index (χ0v) is 27.3. The normalized spacial score (nSPS) is 10.3. The number of pyridine rings is 2. The molecule has 0 bridgehead atoms. The van der Waals surface area contributed by atoms with Gasteiger partial charge in [0.05, 0.1) is 24.1 Å². The van der Waals surface area contributed by atoms with Gasteiger partial charge >= 0.3 is 0 Å². The van der Waals surface area contributed by atoms with E-state index in [2.05, 4.69) is 22.1 Å². The molecule has 48 heavy (non-hydrogen) atoms. The van der Waals surface area contributed by atoms with E-state index >= 15 is 0 Å². The Morgan fingerprint density at radius 2 is 0.938 bits per heavy atom. The zero-order chi connectivity index (χ0) is 33.7. The highest BCUT2D eigenvalue weighted by Crippen LogP contribution is 2.35. The second-order valence-electron chi connectivity index (χ2n) is 11.2. The molecule has 6 heteroatoms. The number of ether oxygens (including phenoxy) is 2. The molecule has 0 aliphatic carbocycles. The Morgan fingerprint density at radius 1 is 0.562 bits per heavy atom. The third-order valence-corrected chi connectivity index (χ3v) is 7.30. The van der Waals surface area contributed by atoms with Crippen molar-refractivity contribution >= 4 is 0 Å². The van der Waals surface area contributed by atoms with E-state index in [0.29, 0.717) is 29.5 Å². The second kappa shape index (κ2) is 16.4. The van der Waals surface area contributed by atoms with Gasteiger partial charge in [-0.1, -0.05) is 128 Å². The molecule has 0 saturated carbocycles. The van der Waals surface area contributed by atoms with Crippen LogP contribution in [0, 0.1) is 22.7 Å². The Kier molecular flexibility index (Phi) is 11.3. The lowest BCUT2D eigenvalue weighted by Gasteiger charge is -2.15. The molecule has 0 fully saturated rings. The third kappa shape index (κ3) is 8.12. The minimum Gasteiger partial charge on any atom is -0.477 e. The SMILES string of the molecule is CC(C)Oc1nc(-c2ccccc2)cc(-c2ccccc2)c1C#N.CCCOc1nc(-c2ccccc2)cc(-c2ccccc2)c1C#N. The molecular formula is C42H36N4O2. The van der Waals surface area contributed by atoms with Gasteiger partial charge < -0.3 is 9.47 Å². The first-order valence-corrected chi connectivity index (χ1v) is 15.9. The van der Waals surface area contributed by atoms with Crippen LogP contribution in [0.4, 0.5) is 0 Å². The van der Waals surface area contributed by atoms with Crippen LogP contribution in [-0.2, 0) is 0 Å². The maximum Gasteiger partial charge on any atom is 0.233 e. The van der Waals surface area contributed by atoms with Crippen LogP contribution < -0.4 is 9.47 Å². The van der Waals surface area contributed by atoms with Crippen molar-refractivity contribution in [2.24, 2.45) is 0 Å². The van der Waals surface area contributed by atoms with Crippen LogP contribution in [-0.4, -0.2) is 22.7 Å². The third-order valence-electron chi connectivity index (χ3n) is 7.30. The largest absolute Gasteiger partial charge is 0.477 e. The average molecular weight is 629 g/mol. The highest BCUT2D eigenvalue weighted by molar-refractivity contribution is 5.79. The monoisotopic (exact) mass is 628 g/mol. The molecule has 6 aromatic rings. The Balaban J connectivity index is 0.000000188. The van der Waals surface area contributed by atoms with Gasteiger partial charge in [-0.25, -0.2) is 9.97 Å². The Morgan fingerprint density at radius 3 is 1.31 bits per heavy atom. The van der Waals surface area contributed by atoms with E-state index in [0.717, 1.165) is 51.2 Å². The lowest BCUT2D eigenvalue weighted by molar-refractivity contribution is 0.232. The fraction of sp³-hybridized carbons (Fsp3) is 0.143. The lowest BCUT2D eigenvalue weighted by atomic mass is 9.99. The summed E-state index contributed by atoms with van der Waals surface area (Å²) >= 11 is 0. The van der Waals surface area contributed by atoms with Crippen molar-refractivity contribution in [1.82, 2.24) is 9.97 Å². The molecule has 0 spiro atoms. The number of nitrogens with zero attached hydrogens (tertiary/aromatic N) is 4. The Hall–Kier alpha value is -6.24. The fourth-order valence-electron chi connectivity index (χ4n) is 5.08. The van der Waals surface area contributed by atoms with E-state index in [4.69, 9.17) is 9.47 Å². The number of aromatic nitrogens is 2.